The van der Waals surface area contributed by atoms with Crippen LogP contribution in [-0.2, 0) is 21.4 Å². The maximum Gasteiger partial charge on any atom is 0.245 e. The summed E-state index contributed by atoms with van der Waals surface area (Å²) in [6, 6.07) is 14.1. The molecule has 0 bridgehead atoms. The molecule has 0 radical (unpaired) electrons. The van der Waals surface area contributed by atoms with Crippen molar-refractivity contribution in [1.29, 1.82) is 0 Å². The molecule has 0 aliphatic carbocycles. The van der Waals surface area contributed by atoms with Gasteiger partial charge in [-0.3, -0.25) is 9.59 Å². The second-order valence-electron chi connectivity index (χ2n) is 9.86. The molecular formula is C27H32Cl2N4O3. The van der Waals surface area contributed by atoms with E-state index in [4.69, 9.17) is 33.0 Å². The summed E-state index contributed by atoms with van der Waals surface area (Å²) in [4.78, 5) is 27.7. The number of anilines is 1. The summed E-state index contributed by atoms with van der Waals surface area (Å²) in [5.74, 6) is 0.737. The molecule has 2 aromatic carbocycles. The zero-order valence-corrected chi connectivity index (χ0v) is 22.9. The monoisotopic (exact) mass is 530 g/mol. The molecule has 1 heterocycles. The van der Waals surface area contributed by atoms with Gasteiger partial charge in [-0.25, -0.2) is 4.68 Å². The van der Waals surface area contributed by atoms with Crippen LogP contribution in [0.1, 0.15) is 45.9 Å². The lowest BCUT2D eigenvalue weighted by molar-refractivity contribution is -0.135. The SMILES string of the molecule is COc1ccc(CC(=O)N(CC(=O)Nc2cc(C(C)(C)C)nn2-c2ccc(Cl)c(Cl)c2)C(C)C)cc1. The lowest BCUT2D eigenvalue weighted by Crippen LogP contribution is -2.43. The first-order chi connectivity index (χ1) is 16.9. The second-order valence-corrected chi connectivity index (χ2v) is 10.7. The Morgan fingerprint density at radius 1 is 1.06 bits per heavy atom. The number of rotatable bonds is 8. The van der Waals surface area contributed by atoms with Crippen molar-refractivity contribution < 1.29 is 14.3 Å². The quantitative estimate of drug-likeness (QED) is 0.393. The van der Waals surface area contributed by atoms with Crippen molar-refractivity contribution >= 4 is 40.8 Å². The molecule has 1 N–H and O–H groups in total. The minimum Gasteiger partial charge on any atom is -0.497 e. The maximum atomic E-state index is 13.1. The lowest BCUT2D eigenvalue weighted by atomic mass is 9.92. The van der Waals surface area contributed by atoms with Crippen LogP contribution in [0.3, 0.4) is 0 Å². The smallest absolute Gasteiger partial charge is 0.245 e. The van der Waals surface area contributed by atoms with Crippen molar-refractivity contribution in [2.24, 2.45) is 0 Å². The number of halogens is 2. The van der Waals surface area contributed by atoms with Gasteiger partial charge in [0.2, 0.25) is 11.8 Å². The van der Waals surface area contributed by atoms with Crippen molar-refractivity contribution in [2.75, 3.05) is 19.0 Å². The van der Waals surface area contributed by atoms with Gasteiger partial charge >= 0.3 is 0 Å². The highest BCUT2D eigenvalue weighted by molar-refractivity contribution is 6.42. The average Bonchev–Trinajstić information content (AvgIpc) is 3.23. The molecule has 0 aliphatic rings. The number of nitrogens with zero attached hydrogens (tertiary/aromatic N) is 3. The Balaban J connectivity index is 1.81. The van der Waals surface area contributed by atoms with Gasteiger partial charge in [0.05, 0.1) is 35.0 Å². The molecule has 3 rings (SSSR count). The van der Waals surface area contributed by atoms with E-state index >= 15 is 0 Å². The topological polar surface area (TPSA) is 76.5 Å². The summed E-state index contributed by atoms with van der Waals surface area (Å²) >= 11 is 12.3. The molecule has 192 valence electrons. The van der Waals surface area contributed by atoms with Crippen LogP contribution in [0.25, 0.3) is 5.69 Å². The van der Waals surface area contributed by atoms with Crippen molar-refractivity contribution in [2.45, 2.75) is 52.5 Å². The van der Waals surface area contributed by atoms with Crippen LogP contribution in [0.2, 0.25) is 10.0 Å². The molecule has 7 nitrogen and oxygen atoms in total. The molecule has 0 atom stereocenters. The number of methoxy groups -OCH3 is 1. The molecule has 1 aromatic heterocycles. The van der Waals surface area contributed by atoms with Crippen molar-refractivity contribution in [3.8, 4) is 11.4 Å². The number of benzene rings is 2. The highest BCUT2D eigenvalue weighted by Crippen LogP contribution is 2.29. The summed E-state index contributed by atoms with van der Waals surface area (Å²) in [7, 11) is 1.59. The molecule has 0 saturated heterocycles. The normalized spacial score (nSPS) is 11.5. The third kappa shape index (κ3) is 6.80. The molecule has 0 aliphatic heterocycles. The number of aromatic nitrogens is 2. The standard InChI is InChI=1S/C27H32Cl2N4O3/c1-17(2)32(26(35)13-18-7-10-20(36-6)11-8-18)16-25(34)30-24-15-23(27(3,4)5)31-33(24)19-9-12-21(28)22(29)14-19/h7-12,14-15,17H,13,16H2,1-6H3,(H,30,34). The van der Waals surface area contributed by atoms with Crippen LogP contribution in [0.15, 0.2) is 48.5 Å². The Hall–Kier alpha value is -3.03. The highest BCUT2D eigenvalue weighted by Gasteiger charge is 2.24. The number of ether oxygens (including phenoxy) is 1. The van der Waals surface area contributed by atoms with Crippen LogP contribution in [0.4, 0.5) is 5.82 Å². The Bertz CT molecular complexity index is 1230. The zero-order valence-electron chi connectivity index (χ0n) is 21.4. The molecule has 2 amide bonds. The minimum absolute atomic E-state index is 0.0932. The Labute approximate surface area is 222 Å². The molecule has 9 heteroatoms. The van der Waals surface area contributed by atoms with E-state index in [-0.39, 0.29) is 36.2 Å². The Morgan fingerprint density at radius 2 is 1.72 bits per heavy atom. The molecule has 36 heavy (non-hydrogen) atoms. The summed E-state index contributed by atoms with van der Waals surface area (Å²) in [6.07, 6.45) is 0.185. The van der Waals surface area contributed by atoms with E-state index in [1.165, 1.54) is 0 Å². The van der Waals surface area contributed by atoms with Crippen LogP contribution in [-0.4, -0.2) is 46.2 Å². The van der Waals surface area contributed by atoms with E-state index in [0.29, 0.717) is 21.6 Å². The van der Waals surface area contributed by atoms with Crippen LogP contribution in [0, 0.1) is 0 Å². The fourth-order valence-electron chi connectivity index (χ4n) is 3.57. The third-order valence-electron chi connectivity index (χ3n) is 5.67. The molecular weight excluding hydrogens is 499 g/mol. The molecule has 0 saturated carbocycles. The van der Waals surface area contributed by atoms with Crippen molar-refractivity contribution in [3.05, 3.63) is 69.8 Å². The summed E-state index contributed by atoms with van der Waals surface area (Å²) in [5.41, 5.74) is 2.05. The average molecular weight is 531 g/mol. The molecule has 0 unspecified atom stereocenters. The first-order valence-corrected chi connectivity index (χ1v) is 12.4. The molecule has 0 fully saturated rings. The van der Waals surface area contributed by atoms with Crippen LogP contribution >= 0.6 is 23.2 Å². The van der Waals surface area contributed by atoms with E-state index in [1.54, 1.807) is 34.9 Å². The Kier molecular flexibility index (Phi) is 8.69. The molecule has 3 aromatic rings. The van der Waals surface area contributed by atoms with Crippen molar-refractivity contribution in [3.63, 3.8) is 0 Å². The van der Waals surface area contributed by atoms with Gasteiger partial charge in [-0.2, -0.15) is 5.10 Å². The predicted molar refractivity (Wildman–Crippen MR) is 144 cm³/mol. The zero-order chi connectivity index (χ0) is 26.6. The van der Waals surface area contributed by atoms with E-state index < -0.39 is 0 Å². The molecule has 0 spiro atoms. The van der Waals surface area contributed by atoms with Gasteiger partial charge in [-0.1, -0.05) is 56.1 Å². The van der Waals surface area contributed by atoms with Gasteiger partial charge in [-0.05, 0) is 49.7 Å². The van der Waals surface area contributed by atoms with E-state index in [9.17, 15) is 9.59 Å². The minimum atomic E-state index is -0.326. The number of amides is 2. The van der Waals surface area contributed by atoms with Crippen molar-refractivity contribution in [1.82, 2.24) is 14.7 Å². The summed E-state index contributed by atoms with van der Waals surface area (Å²) in [6.45, 7) is 9.80. The van der Waals surface area contributed by atoms with Gasteiger partial charge in [-0.15, -0.1) is 0 Å². The lowest BCUT2D eigenvalue weighted by Gasteiger charge is -2.26. The maximum absolute atomic E-state index is 13.1. The van der Waals surface area contributed by atoms with Crippen LogP contribution < -0.4 is 10.1 Å². The fraction of sp³-hybridized carbons (Fsp3) is 0.370. The summed E-state index contributed by atoms with van der Waals surface area (Å²) in [5, 5.41) is 8.45. The van der Waals surface area contributed by atoms with E-state index in [0.717, 1.165) is 17.0 Å². The number of carbonyl (C=O) groups excluding carboxylic acids is 2. The first-order valence-electron chi connectivity index (χ1n) is 11.7. The number of hydrogen-bond acceptors (Lipinski definition) is 4. The Morgan fingerprint density at radius 3 is 2.28 bits per heavy atom. The largest absolute Gasteiger partial charge is 0.497 e. The van der Waals surface area contributed by atoms with Gasteiger partial charge in [0.25, 0.3) is 0 Å². The van der Waals surface area contributed by atoms with Gasteiger partial charge in [0.15, 0.2) is 0 Å². The van der Waals surface area contributed by atoms with Crippen LogP contribution in [0.5, 0.6) is 5.75 Å². The van der Waals surface area contributed by atoms with E-state index in [1.807, 2.05) is 65.0 Å². The fourth-order valence-corrected chi connectivity index (χ4v) is 3.86. The van der Waals surface area contributed by atoms with Gasteiger partial charge in [0, 0.05) is 17.5 Å². The number of hydrogen-bond donors (Lipinski definition) is 1. The van der Waals surface area contributed by atoms with Gasteiger partial charge in [0.1, 0.15) is 18.1 Å². The number of nitrogens with one attached hydrogen (secondary N) is 1. The number of carbonyl (C=O) groups is 2. The third-order valence-corrected chi connectivity index (χ3v) is 6.40. The van der Waals surface area contributed by atoms with Gasteiger partial charge < -0.3 is 15.0 Å². The highest BCUT2D eigenvalue weighted by atomic mass is 35.5. The van der Waals surface area contributed by atoms with E-state index in [2.05, 4.69) is 5.32 Å². The first kappa shape index (κ1) is 27.6. The second kappa shape index (κ2) is 11.4. The summed E-state index contributed by atoms with van der Waals surface area (Å²) < 4.78 is 6.80. The predicted octanol–water partition coefficient (Wildman–Crippen LogP) is 5.90.